The lowest BCUT2D eigenvalue weighted by Crippen LogP contribution is -2.04. The Morgan fingerprint density at radius 1 is 1.11 bits per heavy atom. The van der Waals surface area contributed by atoms with Crippen LogP contribution in [0, 0.1) is 5.82 Å². The summed E-state index contributed by atoms with van der Waals surface area (Å²) in [6.07, 6.45) is 6.81. The van der Waals surface area contributed by atoms with Crippen molar-refractivity contribution in [3.63, 3.8) is 0 Å². The molecule has 0 unspecified atom stereocenters. The lowest BCUT2D eigenvalue weighted by molar-refractivity contribution is 0.451. The predicted molar refractivity (Wildman–Crippen MR) is 103 cm³/mol. The first kappa shape index (κ1) is 18.1. The largest absolute Gasteiger partial charge is 0.321 e. The average molecular weight is 453 g/mol. The highest BCUT2D eigenvalue weighted by atomic mass is 79.9. The molecule has 0 bridgehead atoms. The van der Waals surface area contributed by atoms with Gasteiger partial charge in [0, 0.05) is 24.0 Å². The molecule has 3 heterocycles. The van der Waals surface area contributed by atoms with E-state index in [0.29, 0.717) is 29.0 Å². The van der Waals surface area contributed by atoms with Crippen molar-refractivity contribution in [3.05, 3.63) is 64.1 Å². The minimum Gasteiger partial charge on any atom is -0.321 e. The van der Waals surface area contributed by atoms with E-state index >= 15 is 0 Å². The lowest BCUT2D eigenvalue weighted by Gasteiger charge is -2.09. The Hall–Kier alpha value is -2.32. The molecule has 0 atom stereocenters. The number of alkyl halides is 1. The molecule has 1 aromatic carbocycles. The molecule has 0 aliphatic rings. The summed E-state index contributed by atoms with van der Waals surface area (Å²) < 4.78 is 31.4. The number of hydrogen-bond acceptors (Lipinski definition) is 3. The van der Waals surface area contributed by atoms with E-state index in [-0.39, 0.29) is 11.6 Å². The smallest absolute Gasteiger partial charge is 0.144 e. The van der Waals surface area contributed by atoms with Crippen LogP contribution in [0.5, 0.6) is 0 Å². The molecule has 0 saturated heterocycles. The number of rotatable bonds is 5. The second-order valence-electron chi connectivity index (χ2n) is 5.96. The lowest BCUT2D eigenvalue weighted by atomic mass is 10.2. The van der Waals surface area contributed by atoms with Crippen molar-refractivity contribution in [3.8, 4) is 11.4 Å². The monoisotopic (exact) mass is 451 g/mol. The Morgan fingerprint density at radius 3 is 2.70 bits per heavy atom. The highest BCUT2D eigenvalue weighted by molar-refractivity contribution is 9.10. The summed E-state index contributed by atoms with van der Waals surface area (Å²) in [5.74, 6) is -0.0409. The highest BCUT2D eigenvalue weighted by Gasteiger charge is 2.16. The van der Waals surface area contributed by atoms with Crippen LogP contribution in [0.4, 0.5) is 8.78 Å². The van der Waals surface area contributed by atoms with Crippen LogP contribution < -0.4 is 0 Å². The normalized spacial score (nSPS) is 11.4. The number of pyridine rings is 1. The van der Waals surface area contributed by atoms with E-state index in [1.807, 2.05) is 10.6 Å². The topological polar surface area (TPSA) is 48.5 Å². The van der Waals surface area contributed by atoms with E-state index < -0.39 is 12.5 Å². The number of halogens is 4. The Kier molecular flexibility index (Phi) is 4.92. The average Bonchev–Trinajstić information content (AvgIpc) is 3.20. The predicted octanol–water partition coefficient (Wildman–Crippen LogP) is 4.87. The molecular weight excluding hydrogens is 440 g/mol. The van der Waals surface area contributed by atoms with Gasteiger partial charge in [-0.05, 0) is 33.6 Å². The number of nitrogens with zero attached hydrogens (tertiary/aromatic N) is 5. The zero-order valence-corrected chi connectivity index (χ0v) is 16.3. The van der Waals surface area contributed by atoms with Crippen molar-refractivity contribution < 1.29 is 8.78 Å². The number of aromatic nitrogens is 5. The fourth-order valence-corrected chi connectivity index (χ4v) is 3.46. The van der Waals surface area contributed by atoms with Gasteiger partial charge in [0.05, 0.1) is 41.7 Å². The highest BCUT2D eigenvalue weighted by Crippen LogP contribution is 2.29. The molecular formula is C18H13BrClF2N5. The molecule has 0 amide bonds. The minimum absolute atomic E-state index is 0.0223. The van der Waals surface area contributed by atoms with E-state index in [0.717, 1.165) is 10.2 Å². The molecule has 0 fully saturated rings. The third-order valence-corrected chi connectivity index (χ3v) is 5.12. The standard InChI is InChI=1S/C18H13BrClF2N5/c19-17-8-24-10-26(17)9-11-3-12(7-23-6-11)18-25-15-5-14(22)13(20)4-16(15)27(18)2-1-21/h3-8,10H,1-2,9H2. The van der Waals surface area contributed by atoms with Gasteiger partial charge in [0.1, 0.15) is 22.9 Å². The molecule has 27 heavy (non-hydrogen) atoms. The molecule has 0 aliphatic carbocycles. The number of hydrogen-bond donors (Lipinski definition) is 0. The molecule has 4 rings (SSSR count). The molecule has 3 aromatic heterocycles. The van der Waals surface area contributed by atoms with Gasteiger partial charge in [0.15, 0.2) is 0 Å². The van der Waals surface area contributed by atoms with Crippen LogP contribution in [-0.4, -0.2) is 30.8 Å². The molecule has 4 aromatic rings. The van der Waals surface area contributed by atoms with Gasteiger partial charge in [-0.1, -0.05) is 11.6 Å². The number of fused-ring (bicyclic) bond motifs is 1. The van der Waals surface area contributed by atoms with Crippen molar-refractivity contribution in [1.29, 1.82) is 0 Å². The second kappa shape index (κ2) is 7.36. The zero-order valence-electron chi connectivity index (χ0n) is 13.9. The maximum atomic E-state index is 13.8. The summed E-state index contributed by atoms with van der Waals surface area (Å²) in [6.45, 7) is 0.0683. The van der Waals surface area contributed by atoms with Gasteiger partial charge in [-0.3, -0.25) is 4.98 Å². The van der Waals surface area contributed by atoms with Gasteiger partial charge < -0.3 is 9.13 Å². The maximum absolute atomic E-state index is 13.8. The molecule has 138 valence electrons. The first-order valence-corrected chi connectivity index (χ1v) is 9.25. The molecule has 5 nitrogen and oxygen atoms in total. The molecule has 0 aliphatic heterocycles. The van der Waals surface area contributed by atoms with Gasteiger partial charge in [-0.25, -0.2) is 18.7 Å². The maximum Gasteiger partial charge on any atom is 0.144 e. The Morgan fingerprint density at radius 2 is 1.96 bits per heavy atom. The fourth-order valence-electron chi connectivity index (χ4n) is 2.97. The van der Waals surface area contributed by atoms with Crippen LogP contribution >= 0.6 is 27.5 Å². The fraction of sp³-hybridized carbons (Fsp3) is 0.167. The number of aryl methyl sites for hydroxylation is 1. The first-order chi connectivity index (χ1) is 13.1. The Balaban J connectivity index is 1.80. The van der Waals surface area contributed by atoms with Crippen LogP contribution in [0.1, 0.15) is 5.56 Å². The van der Waals surface area contributed by atoms with Gasteiger partial charge >= 0.3 is 0 Å². The molecule has 0 N–H and O–H groups in total. The van der Waals surface area contributed by atoms with E-state index in [1.165, 1.54) is 12.1 Å². The van der Waals surface area contributed by atoms with E-state index in [4.69, 9.17) is 11.6 Å². The zero-order chi connectivity index (χ0) is 19.0. The van der Waals surface area contributed by atoms with Gasteiger partial charge in [0.25, 0.3) is 0 Å². The summed E-state index contributed by atoms with van der Waals surface area (Å²) in [6, 6.07) is 4.65. The summed E-state index contributed by atoms with van der Waals surface area (Å²) in [5, 5.41) is -0.0223. The molecule has 0 saturated carbocycles. The second-order valence-corrected chi connectivity index (χ2v) is 7.18. The van der Waals surface area contributed by atoms with Crippen LogP contribution in [0.25, 0.3) is 22.4 Å². The van der Waals surface area contributed by atoms with Crippen molar-refractivity contribution in [2.24, 2.45) is 0 Å². The third-order valence-electron chi connectivity index (χ3n) is 4.17. The quantitative estimate of drug-likeness (QED) is 0.434. The number of benzene rings is 1. The van der Waals surface area contributed by atoms with E-state index in [2.05, 4.69) is 30.9 Å². The van der Waals surface area contributed by atoms with Crippen molar-refractivity contribution in [1.82, 2.24) is 24.1 Å². The summed E-state index contributed by atoms with van der Waals surface area (Å²) in [4.78, 5) is 12.8. The van der Waals surface area contributed by atoms with Gasteiger partial charge in [0.2, 0.25) is 0 Å². The molecule has 0 spiro atoms. The van der Waals surface area contributed by atoms with E-state index in [9.17, 15) is 8.78 Å². The third kappa shape index (κ3) is 3.46. The Bertz CT molecular complexity index is 1120. The molecule has 0 radical (unpaired) electrons. The van der Waals surface area contributed by atoms with Crippen molar-refractivity contribution in [2.45, 2.75) is 13.1 Å². The van der Waals surface area contributed by atoms with Crippen LogP contribution in [0.3, 0.4) is 0 Å². The van der Waals surface area contributed by atoms with Gasteiger partial charge in [-0.2, -0.15) is 0 Å². The first-order valence-electron chi connectivity index (χ1n) is 8.08. The van der Waals surface area contributed by atoms with Gasteiger partial charge in [-0.15, -0.1) is 0 Å². The van der Waals surface area contributed by atoms with Crippen LogP contribution in [0.15, 0.2) is 47.7 Å². The Labute approximate surface area is 166 Å². The summed E-state index contributed by atoms with van der Waals surface area (Å²) in [5.41, 5.74) is 2.64. The van der Waals surface area contributed by atoms with Crippen molar-refractivity contribution in [2.75, 3.05) is 6.67 Å². The summed E-state index contributed by atoms with van der Waals surface area (Å²) >= 11 is 9.33. The van der Waals surface area contributed by atoms with Crippen LogP contribution in [0.2, 0.25) is 5.02 Å². The van der Waals surface area contributed by atoms with Crippen LogP contribution in [-0.2, 0) is 13.1 Å². The van der Waals surface area contributed by atoms with Crippen molar-refractivity contribution >= 4 is 38.6 Å². The number of imidazole rings is 2. The van der Waals surface area contributed by atoms with E-state index in [1.54, 1.807) is 29.5 Å². The summed E-state index contributed by atoms with van der Waals surface area (Å²) in [7, 11) is 0. The minimum atomic E-state index is -0.581. The SMILES string of the molecule is FCCn1c(-c2cncc(Cn3cncc3Br)c2)nc2cc(F)c(Cl)cc21. The molecule has 9 heteroatoms.